The first kappa shape index (κ1) is 25.7. The average Bonchev–Trinajstić information content (AvgIpc) is 2.60. The molecule has 0 heterocycles. The second-order valence-corrected chi connectivity index (χ2v) is 10.9. The molecule has 33 heavy (non-hydrogen) atoms. The second kappa shape index (κ2) is 7.83. The molecule has 0 amide bonds. The highest BCUT2D eigenvalue weighted by Gasteiger charge is 2.83. The minimum atomic E-state index is -5.69. The molecule has 4 rings (SSSR count). The lowest BCUT2D eigenvalue weighted by Crippen LogP contribution is -2.76. The zero-order chi connectivity index (χ0) is 25.2. The van der Waals surface area contributed by atoms with E-state index in [0.717, 1.165) is 6.42 Å². The van der Waals surface area contributed by atoms with Gasteiger partial charge in [0.05, 0.1) is 0 Å². The van der Waals surface area contributed by atoms with Crippen molar-refractivity contribution in [3.8, 4) is 0 Å². The molecule has 0 aromatic carbocycles. The summed E-state index contributed by atoms with van der Waals surface area (Å²) >= 11 is 0. The lowest BCUT2D eigenvalue weighted by Gasteiger charge is -2.63. The van der Waals surface area contributed by atoms with Crippen LogP contribution >= 0.6 is 0 Å². The Kier molecular flexibility index (Phi) is 6.11. The minimum absolute atomic E-state index is 0.0869. The van der Waals surface area contributed by atoms with Gasteiger partial charge >= 0.3 is 24.2 Å². The van der Waals surface area contributed by atoms with Gasteiger partial charge in [-0.1, -0.05) is 6.58 Å². The van der Waals surface area contributed by atoms with E-state index < -0.39 is 52.9 Å². The molecule has 1 unspecified atom stereocenters. The Morgan fingerprint density at radius 1 is 0.848 bits per heavy atom. The topological polar surface area (TPSA) is 61.8 Å². The fraction of sp³-hybridized carbons (Fsp3) is 0.826. The van der Waals surface area contributed by atoms with Gasteiger partial charge in [0.15, 0.2) is 5.60 Å². The van der Waals surface area contributed by atoms with E-state index in [0.29, 0.717) is 0 Å². The Hall–Kier alpha value is -1.87. The van der Waals surface area contributed by atoms with Crippen LogP contribution in [0, 0.1) is 23.7 Å². The summed E-state index contributed by atoms with van der Waals surface area (Å²) in [5, 5.41) is 0. The van der Waals surface area contributed by atoms with Crippen LogP contribution in [0.1, 0.15) is 66.7 Å². The monoisotopic (exact) mass is 482 g/mol. The molecule has 1 atom stereocenters. The second-order valence-electron chi connectivity index (χ2n) is 10.9. The van der Waals surface area contributed by atoms with Crippen LogP contribution in [-0.2, 0) is 19.0 Å². The quantitative estimate of drug-likeness (QED) is 0.265. The zero-order valence-corrected chi connectivity index (χ0v) is 19.5. The van der Waals surface area contributed by atoms with E-state index in [1.54, 1.807) is 0 Å². The van der Waals surface area contributed by atoms with Gasteiger partial charge in [0.2, 0.25) is 0 Å². The lowest BCUT2D eigenvalue weighted by molar-refractivity contribution is -0.389. The largest absolute Gasteiger partial charge is 0.509 e. The summed E-state index contributed by atoms with van der Waals surface area (Å²) in [7, 11) is 0. The number of esters is 1. The first-order chi connectivity index (χ1) is 14.8. The van der Waals surface area contributed by atoms with Crippen LogP contribution in [-0.4, -0.2) is 41.0 Å². The van der Waals surface area contributed by atoms with Crippen molar-refractivity contribution in [1.82, 2.24) is 0 Å². The Morgan fingerprint density at radius 3 is 1.67 bits per heavy atom. The maximum Gasteiger partial charge on any atom is 0.509 e. The molecular weight excluding hydrogens is 451 g/mol. The van der Waals surface area contributed by atoms with E-state index in [9.17, 15) is 22.8 Å². The van der Waals surface area contributed by atoms with Crippen molar-refractivity contribution in [2.75, 3.05) is 0 Å². The van der Waals surface area contributed by atoms with Crippen molar-refractivity contribution >= 4 is 12.1 Å². The van der Waals surface area contributed by atoms with E-state index in [4.69, 9.17) is 9.47 Å². The van der Waals surface area contributed by atoms with Crippen LogP contribution in [0.2, 0.25) is 0 Å². The van der Waals surface area contributed by atoms with Crippen molar-refractivity contribution in [3.05, 3.63) is 12.2 Å². The standard InChI is InChI=1S/C23H31F5O5/c1-12(2)17(29)31-21(15-8-13-7-14(10-15)11-16(21)9-13)22(24,25)20(6,23(26,27)28)33-18(30)32-19(3,4)5/h13-16H,1,7-11H2,2-6H3. The van der Waals surface area contributed by atoms with Crippen molar-refractivity contribution in [3.63, 3.8) is 0 Å². The van der Waals surface area contributed by atoms with Crippen LogP contribution in [0.3, 0.4) is 0 Å². The van der Waals surface area contributed by atoms with E-state index in [-0.39, 0.29) is 50.0 Å². The zero-order valence-electron chi connectivity index (χ0n) is 19.5. The number of carbonyl (C=O) groups excluding carboxylic acids is 2. The van der Waals surface area contributed by atoms with Gasteiger partial charge in [-0.2, -0.15) is 22.0 Å². The van der Waals surface area contributed by atoms with Crippen LogP contribution in [0.15, 0.2) is 12.2 Å². The van der Waals surface area contributed by atoms with Gasteiger partial charge in [-0.05, 0) is 78.6 Å². The molecule has 0 aromatic rings. The predicted octanol–water partition coefficient (Wildman–Crippen LogP) is 6.21. The van der Waals surface area contributed by atoms with E-state index in [1.807, 2.05) is 0 Å². The number of rotatable bonds is 5. The summed E-state index contributed by atoms with van der Waals surface area (Å²) in [4.78, 5) is 24.7. The number of carbonyl (C=O) groups is 2. The molecule has 10 heteroatoms. The number of halogens is 5. The number of hydrogen-bond donors (Lipinski definition) is 0. The summed E-state index contributed by atoms with van der Waals surface area (Å²) in [6.45, 7) is 8.87. The summed E-state index contributed by atoms with van der Waals surface area (Å²) < 4.78 is 90.3. The highest BCUT2D eigenvalue weighted by Crippen LogP contribution is 2.67. The summed E-state index contributed by atoms with van der Waals surface area (Å²) in [5.74, 6) is -7.83. The minimum Gasteiger partial charge on any atom is -0.449 e. The van der Waals surface area contributed by atoms with Gasteiger partial charge in [-0.3, -0.25) is 0 Å². The van der Waals surface area contributed by atoms with E-state index >= 15 is 8.78 Å². The van der Waals surface area contributed by atoms with Gasteiger partial charge < -0.3 is 14.2 Å². The van der Waals surface area contributed by atoms with Crippen molar-refractivity contribution < 1.29 is 45.8 Å². The first-order valence-corrected chi connectivity index (χ1v) is 11.1. The molecule has 0 N–H and O–H groups in total. The van der Waals surface area contributed by atoms with Gasteiger partial charge in [0.25, 0.3) is 5.60 Å². The third-order valence-electron chi connectivity index (χ3n) is 7.27. The SMILES string of the molecule is C=C(C)C(=O)OC1(C(F)(F)C(C)(OC(=O)OC(C)(C)C)C(F)(F)F)C2CC3CC(C2)CC1C3. The molecule has 5 nitrogen and oxygen atoms in total. The normalized spacial score (nSPS) is 33.3. The van der Waals surface area contributed by atoms with E-state index in [2.05, 4.69) is 11.3 Å². The summed E-state index contributed by atoms with van der Waals surface area (Å²) in [6.07, 6.45) is -5.89. The van der Waals surface area contributed by atoms with Crippen LogP contribution in [0.5, 0.6) is 0 Å². The number of hydrogen-bond acceptors (Lipinski definition) is 5. The third kappa shape index (κ3) is 4.11. The molecule has 4 aliphatic rings. The van der Waals surface area contributed by atoms with Gasteiger partial charge in [0, 0.05) is 17.4 Å². The molecule has 0 aromatic heterocycles. The van der Waals surface area contributed by atoms with Crippen molar-refractivity contribution in [1.29, 1.82) is 0 Å². The fourth-order valence-corrected chi connectivity index (χ4v) is 5.98. The maximum atomic E-state index is 16.4. The smallest absolute Gasteiger partial charge is 0.449 e. The Labute approximate surface area is 190 Å². The van der Waals surface area contributed by atoms with Crippen LogP contribution in [0.25, 0.3) is 0 Å². The Bertz CT molecular complexity index is 800. The highest BCUT2D eigenvalue weighted by atomic mass is 19.4. The van der Waals surface area contributed by atoms with Crippen LogP contribution in [0.4, 0.5) is 26.7 Å². The summed E-state index contributed by atoms with van der Waals surface area (Å²) in [6, 6.07) is 0. The molecular formula is C23H31F5O5. The Balaban J connectivity index is 2.13. The van der Waals surface area contributed by atoms with Gasteiger partial charge in [0.1, 0.15) is 5.60 Å². The van der Waals surface area contributed by atoms with Gasteiger partial charge in [-0.25, -0.2) is 9.59 Å². The molecule has 4 bridgehead atoms. The molecule has 4 saturated carbocycles. The van der Waals surface area contributed by atoms with Gasteiger partial charge in [-0.15, -0.1) is 0 Å². The molecule has 0 aliphatic heterocycles. The predicted molar refractivity (Wildman–Crippen MR) is 107 cm³/mol. The maximum absolute atomic E-state index is 16.4. The highest BCUT2D eigenvalue weighted by molar-refractivity contribution is 5.87. The first-order valence-electron chi connectivity index (χ1n) is 11.1. The molecule has 4 fully saturated rings. The molecule has 4 aliphatic carbocycles. The molecule has 0 saturated heterocycles. The molecule has 0 radical (unpaired) electrons. The van der Waals surface area contributed by atoms with Crippen LogP contribution < -0.4 is 0 Å². The number of alkyl halides is 5. The lowest BCUT2D eigenvalue weighted by atomic mass is 9.47. The number of ether oxygens (including phenoxy) is 3. The summed E-state index contributed by atoms with van der Waals surface area (Å²) in [5.41, 5.74) is -8.57. The average molecular weight is 482 g/mol. The van der Waals surface area contributed by atoms with Crippen molar-refractivity contribution in [2.45, 2.75) is 95.6 Å². The van der Waals surface area contributed by atoms with E-state index in [1.165, 1.54) is 27.7 Å². The molecule has 0 spiro atoms. The fourth-order valence-electron chi connectivity index (χ4n) is 5.98. The third-order valence-corrected chi connectivity index (χ3v) is 7.27. The molecule has 188 valence electrons. The van der Waals surface area contributed by atoms with Crippen molar-refractivity contribution in [2.24, 2.45) is 23.7 Å². The Morgan fingerprint density at radius 2 is 1.30 bits per heavy atom.